The molecule has 1 saturated heterocycles. The van der Waals surface area contributed by atoms with E-state index in [1.165, 1.54) is 0 Å². The Bertz CT molecular complexity index is 406. The van der Waals surface area contributed by atoms with Crippen molar-refractivity contribution in [2.75, 3.05) is 20.3 Å². The van der Waals surface area contributed by atoms with Crippen molar-refractivity contribution in [3.05, 3.63) is 11.9 Å². The third kappa shape index (κ3) is 2.20. The van der Waals surface area contributed by atoms with Gasteiger partial charge in [-0.15, -0.1) is 0 Å². The topological polar surface area (TPSA) is 53.4 Å². The SMILES string of the molecule is COc1cnn(C(C)C)c1C(=O)C1CCOC1. The van der Waals surface area contributed by atoms with E-state index < -0.39 is 0 Å². The molecule has 1 aromatic rings. The van der Waals surface area contributed by atoms with E-state index in [-0.39, 0.29) is 17.7 Å². The molecule has 1 unspecified atom stereocenters. The summed E-state index contributed by atoms with van der Waals surface area (Å²) in [5.74, 6) is 0.569. The van der Waals surface area contributed by atoms with Gasteiger partial charge in [0.15, 0.2) is 11.5 Å². The van der Waals surface area contributed by atoms with Crippen molar-refractivity contribution in [2.24, 2.45) is 5.92 Å². The van der Waals surface area contributed by atoms with Crippen LogP contribution in [0.15, 0.2) is 6.20 Å². The second-order valence-corrected chi connectivity index (χ2v) is 4.52. The fraction of sp³-hybridized carbons (Fsp3) is 0.667. The molecule has 94 valence electrons. The van der Waals surface area contributed by atoms with E-state index in [9.17, 15) is 4.79 Å². The first-order valence-corrected chi connectivity index (χ1v) is 5.88. The van der Waals surface area contributed by atoms with Crippen molar-refractivity contribution < 1.29 is 14.3 Å². The number of methoxy groups -OCH3 is 1. The van der Waals surface area contributed by atoms with Crippen molar-refractivity contribution in [3.8, 4) is 5.75 Å². The zero-order chi connectivity index (χ0) is 12.4. The first-order chi connectivity index (χ1) is 8.15. The lowest BCUT2D eigenvalue weighted by Gasteiger charge is -2.13. The number of Topliss-reactive ketones (excluding diaryl/α,β-unsaturated/α-hetero) is 1. The Morgan fingerprint density at radius 1 is 1.65 bits per heavy atom. The summed E-state index contributed by atoms with van der Waals surface area (Å²) in [7, 11) is 1.56. The summed E-state index contributed by atoms with van der Waals surface area (Å²) in [4.78, 5) is 12.4. The molecule has 17 heavy (non-hydrogen) atoms. The van der Waals surface area contributed by atoms with Crippen LogP contribution in [0, 0.1) is 5.92 Å². The molecule has 0 aromatic carbocycles. The lowest BCUT2D eigenvalue weighted by Crippen LogP contribution is -2.21. The molecule has 1 aromatic heterocycles. The second-order valence-electron chi connectivity index (χ2n) is 4.52. The van der Waals surface area contributed by atoms with Gasteiger partial charge in [-0.1, -0.05) is 0 Å². The zero-order valence-corrected chi connectivity index (χ0v) is 10.5. The van der Waals surface area contributed by atoms with Gasteiger partial charge < -0.3 is 9.47 Å². The van der Waals surface area contributed by atoms with Gasteiger partial charge in [0.2, 0.25) is 0 Å². The summed E-state index contributed by atoms with van der Waals surface area (Å²) < 4.78 is 12.2. The van der Waals surface area contributed by atoms with E-state index in [1.807, 2.05) is 13.8 Å². The summed E-state index contributed by atoms with van der Waals surface area (Å²) in [6.45, 7) is 5.16. The predicted octanol–water partition coefficient (Wildman–Crippen LogP) is 1.69. The Morgan fingerprint density at radius 2 is 2.41 bits per heavy atom. The monoisotopic (exact) mass is 238 g/mol. The maximum absolute atomic E-state index is 12.4. The number of rotatable bonds is 4. The van der Waals surface area contributed by atoms with Crippen LogP contribution in [0.4, 0.5) is 0 Å². The van der Waals surface area contributed by atoms with Crippen molar-refractivity contribution in [3.63, 3.8) is 0 Å². The molecule has 2 heterocycles. The molecule has 0 amide bonds. The van der Waals surface area contributed by atoms with E-state index in [0.717, 1.165) is 6.42 Å². The Hall–Kier alpha value is -1.36. The van der Waals surface area contributed by atoms with Crippen LogP contribution in [0.2, 0.25) is 0 Å². The highest BCUT2D eigenvalue weighted by Crippen LogP contribution is 2.27. The van der Waals surface area contributed by atoms with E-state index in [4.69, 9.17) is 9.47 Å². The van der Waals surface area contributed by atoms with Crippen LogP contribution in [0.1, 0.15) is 36.8 Å². The van der Waals surface area contributed by atoms with E-state index >= 15 is 0 Å². The Kier molecular flexibility index (Phi) is 3.47. The van der Waals surface area contributed by atoms with Crippen LogP contribution in [-0.4, -0.2) is 35.9 Å². The van der Waals surface area contributed by atoms with Crippen molar-refractivity contribution in [1.29, 1.82) is 0 Å². The van der Waals surface area contributed by atoms with E-state index in [0.29, 0.717) is 24.7 Å². The maximum atomic E-state index is 12.4. The molecule has 2 rings (SSSR count). The number of ketones is 1. The minimum Gasteiger partial charge on any atom is -0.493 e. The quantitative estimate of drug-likeness (QED) is 0.749. The normalized spacial score (nSPS) is 19.9. The molecule has 1 atom stereocenters. The fourth-order valence-corrected chi connectivity index (χ4v) is 2.06. The minimum atomic E-state index is -0.0573. The molecule has 1 aliphatic heterocycles. The molecule has 1 fully saturated rings. The number of carbonyl (C=O) groups excluding carboxylic acids is 1. The van der Waals surface area contributed by atoms with E-state index in [2.05, 4.69) is 5.10 Å². The maximum Gasteiger partial charge on any atom is 0.190 e. The molecule has 5 heteroatoms. The van der Waals surface area contributed by atoms with Gasteiger partial charge in [0.05, 0.1) is 19.9 Å². The molecule has 0 spiro atoms. The second kappa shape index (κ2) is 4.87. The third-order valence-electron chi connectivity index (χ3n) is 3.00. The van der Waals surface area contributed by atoms with Crippen LogP contribution < -0.4 is 4.74 Å². The zero-order valence-electron chi connectivity index (χ0n) is 10.5. The Morgan fingerprint density at radius 3 is 2.94 bits per heavy atom. The van der Waals surface area contributed by atoms with Gasteiger partial charge in [0, 0.05) is 18.6 Å². The summed E-state index contributed by atoms with van der Waals surface area (Å²) >= 11 is 0. The Balaban J connectivity index is 2.34. The predicted molar refractivity (Wildman–Crippen MR) is 62.4 cm³/mol. The molecule has 0 bridgehead atoms. The van der Waals surface area contributed by atoms with Crippen molar-refractivity contribution >= 4 is 5.78 Å². The average Bonchev–Trinajstić information content (AvgIpc) is 2.96. The van der Waals surface area contributed by atoms with Crippen LogP contribution in [0.25, 0.3) is 0 Å². The Labute approximate surface area is 101 Å². The summed E-state index contributed by atoms with van der Waals surface area (Å²) in [5.41, 5.74) is 0.568. The molecular formula is C12H18N2O3. The highest BCUT2D eigenvalue weighted by molar-refractivity contribution is 5.99. The van der Waals surface area contributed by atoms with Crippen LogP contribution in [-0.2, 0) is 4.74 Å². The number of hydrogen-bond donors (Lipinski definition) is 0. The molecule has 1 aliphatic rings. The van der Waals surface area contributed by atoms with Gasteiger partial charge >= 0.3 is 0 Å². The van der Waals surface area contributed by atoms with Crippen LogP contribution in [0.3, 0.4) is 0 Å². The van der Waals surface area contributed by atoms with Crippen LogP contribution in [0.5, 0.6) is 5.75 Å². The lowest BCUT2D eigenvalue weighted by molar-refractivity contribution is 0.0884. The van der Waals surface area contributed by atoms with E-state index in [1.54, 1.807) is 18.0 Å². The summed E-state index contributed by atoms with van der Waals surface area (Å²) in [6, 6.07) is 0.139. The van der Waals surface area contributed by atoms with Gasteiger partial charge in [0.1, 0.15) is 5.69 Å². The van der Waals surface area contributed by atoms with Gasteiger partial charge in [-0.2, -0.15) is 5.10 Å². The molecular weight excluding hydrogens is 220 g/mol. The van der Waals surface area contributed by atoms with Gasteiger partial charge in [-0.05, 0) is 20.3 Å². The standard InChI is InChI=1S/C12H18N2O3/c1-8(2)14-11(10(16-3)6-13-14)12(15)9-4-5-17-7-9/h6,8-9H,4-5,7H2,1-3H3. The highest BCUT2D eigenvalue weighted by atomic mass is 16.5. The van der Waals surface area contributed by atoms with Gasteiger partial charge in [0.25, 0.3) is 0 Å². The highest BCUT2D eigenvalue weighted by Gasteiger charge is 2.30. The smallest absolute Gasteiger partial charge is 0.190 e. The largest absolute Gasteiger partial charge is 0.493 e. The molecule has 0 N–H and O–H groups in total. The van der Waals surface area contributed by atoms with Crippen LogP contribution >= 0.6 is 0 Å². The van der Waals surface area contributed by atoms with Crippen molar-refractivity contribution in [2.45, 2.75) is 26.3 Å². The first kappa shape index (κ1) is 12.1. The number of hydrogen-bond acceptors (Lipinski definition) is 4. The fourth-order valence-electron chi connectivity index (χ4n) is 2.06. The number of aromatic nitrogens is 2. The summed E-state index contributed by atoms with van der Waals surface area (Å²) in [6.07, 6.45) is 2.38. The first-order valence-electron chi connectivity index (χ1n) is 5.88. The molecule has 5 nitrogen and oxygen atoms in total. The minimum absolute atomic E-state index is 0.0573. The molecule has 0 saturated carbocycles. The average molecular weight is 238 g/mol. The molecule has 0 aliphatic carbocycles. The number of carbonyl (C=O) groups is 1. The van der Waals surface area contributed by atoms with Gasteiger partial charge in [-0.3, -0.25) is 9.48 Å². The summed E-state index contributed by atoms with van der Waals surface area (Å²) in [5, 5.41) is 4.21. The van der Waals surface area contributed by atoms with Crippen molar-refractivity contribution in [1.82, 2.24) is 9.78 Å². The molecule has 0 radical (unpaired) electrons. The van der Waals surface area contributed by atoms with Gasteiger partial charge in [-0.25, -0.2) is 0 Å². The third-order valence-corrected chi connectivity index (χ3v) is 3.00. The number of ether oxygens (including phenoxy) is 2. The lowest BCUT2D eigenvalue weighted by atomic mass is 10.0. The number of nitrogens with zero attached hydrogens (tertiary/aromatic N) is 2.